The fraction of sp³-hybridized carbons (Fsp3) is 0.643. The monoisotopic (exact) mass is 294 g/mol. The topological polar surface area (TPSA) is 105 Å². The van der Waals surface area contributed by atoms with Crippen LogP contribution in [0, 0.1) is 5.41 Å². The number of amides is 1. The predicted molar refractivity (Wildman–Crippen MR) is 77.9 cm³/mol. The fourth-order valence-electron chi connectivity index (χ4n) is 2.07. The Bertz CT molecular complexity index is 529. The molecule has 116 valence electrons. The van der Waals surface area contributed by atoms with Gasteiger partial charge in [0, 0.05) is 6.42 Å². The van der Waals surface area contributed by atoms with Crippen molar-refractivity contribution in [1.29, 1.82) is 0 Å². The number of hydrogen-bond acceptors (Lipinski definition) is 5. The molecule has 1 heterocycles. The fourth-order valence-corrected chi connectivity index (χ4v) is 2.07. The first-order chi connectivity index (χ1) is 9.77. The van der Waals surface area contributed by atoms with Gasteiger partial charge in [-0.15, -0.1) is 10.2 Å². The number of hydrogen-bond donors (Lipinski definition) is 2. The van der Waals surface area contributed by atoms with Crippen molar-refractivity contribution in [2.75, 3.05) is 5.32 Å². The van der Waals surface area contributed by atoms with E-state index in [0.29, 0.717) is 6.42 Å². The first-order valence-electron chi connectivity index (χ1n) is 7.01. The standard InChI is InChI=1S/C14H22N4O3/c1-5-9-10(6-2)17-18-13(15-9)16-11(19)7-14(3,4)8-12(20)21/h5-8H2,1-4H3,(H,20,21)(H,15,16,18,19). The van der Waals surface area contributed by atoms with E-state index in [2.05, 4.69) is 20.5 Å². The molecule has 7 nitrogen and oxygen atoms in total. The molecule has 0 bridgehead atoms. The smallest absolute Gasteiger partial charge is 0.303 e. The molecule has 0 spiro atoms. The van der Waals surface area contributed by atoms with E-state index in [4.69, 9.17) is 5.11 Å². The molecule has 0 aliphatic carbocycles. The van der Waals surface area contributed by atoms with E-state index in [1.165, 1.54) is 0 Å². The Morgan fingerprint density at radius 3 is 2.24 bits per heavy atom. The highest BCUT2D eigenvalue weighted by atomic mass is 16.4. The van der Waals surface area contributed by atoms with Crippen molar-refractivity contribution >= 4 is 17.8 Å². The van der Waals surface area contributed by atoms with Crippen LogP contribution in [0.25, 0.3) is 0 Å². The van der Waals surface area contributed by atoms with Gasteiger partial charge in [-0.3, -0.25) is 14.9 Å². The van der Waals surface area contributed by atoms with E-state index >= 15 is 0 Å². The molecule has 0 unspecified atom stereocenters. The zero-order chi connectivity index (χ0) is 16.0. The molecule has 1 aromatic rings. The average molecular weight is 294 g/mol. The number of carbonyl (C=O) groups is 2. The van der Waals surface area contributed by atoms with Gasteiger partial charge in [-0.05, 0) is 18.3 Å². The number of aliphatic carboxylic acids is 1. The van der Waals surface area contributed by atoms with Crippen LogP contribution >= 0.6 is 0 Å². The SMILES string of the molecule is CCc1nnc(NC(=O)CC(C)(C)CC(=O)O)nc1CC. The van der Waals surface area contributed by atoms with E-state index < -0.39 is 11.4 Å². The summed E-state index contributed by atoms with van der Waals surface area (Å²) in [6.45, 7) is 7.40. The van der Waals surface area contributed by atoms with Crippen molar-refractivity contribution in [3.63, 3.8) is 0 Å². The van der Waals surface area contributed by atoms with E-state index in [0.717, 1.165) is 17.8 Å². The van der Waals surface area contributed by atoms with Gasteiger partial charge in [0.15, 0.2) is 0 Å². The minimum atomic E-state index is -0.925. The highest BCUT2D eigenvalue weighted by molar-refractivity contribution is 5.89. The molecule has 0 fully saturated rings. The Kier molecular flexibility index (Phi) is 5.75. The van der Waals surface area contributed by atoms with Gasteiger partial charge < -0.3 is 5.11 Å². The second-order valence-corrected chi connectivity index (χ2v) is 5.70. The molecule has 2 N–H and O–H groups in total. The van der Waals surface area contributed by atoms with Crippen LogP contribution in [0.5, 0.6) is 0 Å². The van der Waals surface area contributed by atoms with E-state index in [1.807, 2.05) is 13.8 Å². The van der Waals surface area contributed by atoms with Crippen LogP contribution in [-0.4, -0.2) is 32.2 Å². The number of aryl methyl sites for hydroxylation is 2. The quantitative estimate of drug-likeness (QED) is 0.794. The maximum absolute atomic E-state index is 12.0. The Balaban J connectivity index is 2.73. The lowest BCUT2D eigenvalue weighted by Gasteiger charge is -2.21. The number of nitrogens with zero attached hydrogens (tertiary/aromatic N) is 3. The number of aromatic nitrogens is 3. The van der Waals surface area contributed by atoms with Crippen LogP contribution < -0.4 is 5.32 Å². The molecule has 1 rings (SSSR count). The average Bonchev–Trinajstić information content (AvgIpc) is 2.35. The Morgan fingerprint density at radius 1 is 1.10 bits per heavy atom. The zero-order valence-corrected chi connectivity index (χ0v) is 12.9. The summed E-state index contributed by atoms with van der Waals surface area (Å²) in [5, 5.41) is 19.3. The highest BCUT2D eigenvalue weighted by Crippen LogP contribution is 2.25. The third kappa shape index (κ3) is 5.45. The van der Waals surface area contributed by atoms with Crippen molar-refractivity contribution in [2.45, 2.75) is 53.4 Å². The Labute approximate surface area is 124 Å². The summed E-state index contributed by atoms with van der Waals surface area (Å²) in [7, 11) is 0. The van der Waals surface area contributed by atoms with Gasteiger partial charge in [-0.1, -0.05) is 27.7 Å². The van der Waals surface area contributed by atoms with Gasteiger partial charge in [0.1, 0.15) is 0 Å². The van der Waals surface area contributed by atoms with Gasteiger partial charge in [0.2, 0.25) is 11.9 Å². The van der Waals surface area contributed by atoms with E-state index in [1.54, 1.807) is 13.8 Å². The predicted octanol–water partition coefficient (Wildman–Crippen LogP) is 1.83. The lowest BCUT2D eigenvalue weighted by molar-refractivity contribution is -0.139. The minimum absolute atomic E-state index is 0.0749. The number of carboxylic acids is 1. The van der Waals surface area contributed by atoms with Crippen LogP contribution in [0.3, 0.4) is 0 Å². The van der Waals surface area contributed by atoms with Gasteiger partial charge >= 0.3 is 5.97 Å². The summed E-state index contributed by atoms with van der Waals surface area (Å²) in [5.41, 5.74) is 1.01. The second kappa shape index (κ2) is 7.10. The number of rotatable bonds is 7. The third-order valence-corrected chi connectivity index (χ3v) is 3.03. The van der Waals surface area contributed by atoms with Crippen molar-refractivity contribution < 1.29 is 14.7 Å². The van der Waals surface area contributed by atoms with Crippen molar-refractivity contribution in [2.24, 2.45) is 5.41 Å². The van der Waals surface area contributed by atoms with Gasteiger partial charge in [-0.25, -0.2) is 4.98 Å². The van der Waals surface area contributed by atoms with E-state index in [-0.39, 0.29) is 24.7 Å². The molecule has 0 atom stereocenters. The molecule has 1 amide bonds. The molecule has 7 heteroatoms. The number of nitrogens with one attached hydrogen (secondary N) is 1. The number of carboxylic acid groups (broad SMARTS) is 1. The number of carbonyl (C=O) groups excluding carboxylic acids is 1. The molecular weight excluding hydrogens is 272 g/mol. The van der Waals surface area contributed by atoms with Crippen molar-refractivity contribution in [3.8, 4) is 0 Å². The first-order valence-corrected chi connectivity index (χ1v) is 7.01. The molecular formula is C14H22N4O3. The van der Waals surface area contributed by atoms with Crippen molar-refractivity contribution in [3.05, 3.63) is 11.4 Å². The largest absolute Gasteiger partial charge is 0.481 e. The molecule has 0 saturated heterocycles. The minimum Gasteiger partial charge on any atom is -0.481 e. The normalized spacial score (nSPS) is 11.2. The Hall–Kier alpha value is -2.05. The maximum atomic E-state index is 12.0. The first kappa shape index (κ1) is 17.0. The zero-order valence-electron chi connectivity index (χ0n) is 12.9. The molecule has 1 aromatic heterocycles. The van der Waals surface area contributed by atoms with Crippen molar-refractivity contribution in [1.82, 2.24) is 15.2 Å². The highest BCUT2D eigenvalue weighted by Gasteiger charge is 2.25. The number of anilines is 1. The molecule has 0 saturated carbocycles. The van der Waals surface area contributed by atoms with Crippen LogP contribution in [0.2, 0.25) is 0 Å². The molecule has 21 heavy (non-hydrogen) atoms. The van der Waals surface area contributed by atoms with Crippen LogP contribution in [0.1, 0.15) is 51.9 Å². The Morgan fingerprint density at radius 2 is 1.71 bits per heavy atom. The maximum Gasteiger partial charge on any atom is 0.303 e. The van der Waals surface area contributed by atoms with Crippen LogP contribution in [0.4, 0.5) is 5.95 Å². The molecule has 0 radical (unpaired) electrons. The van der Waals surface area contributed by atoms with Crippen LogP contribution in [-0.2, 0) is 22.4 Å². The third-order valence-electron chi connectivity index (χ3n) is 3.03. The molecule has 0 aliphatic rings. The molecule has 0 aliphatic heterocycles. The summed E-state index contributed by atoms with van der Waals surface area (Å²) in [6.07, 6.45) is 1.46. The molecule has 0 aromatic carbocycles. The summed E-state index contributed by atoms with van der Waals surface area (Å²) >= 11 is 0. The lowest BCUT2D eigenvalue weighted by atomic mass is 9.85. The summed E-state index contributed by atoms with van der Waals surface area (Å²) in [5.74, 6) is -1.07. The summed E-state index contributed by atoms with van der Waals surface area (Å²) in [4.78, 5) is 27.0. The van der Waals surface area contributed by atoms with Gasteiger partial charge in [0.05, 0.1) is 17.8 Å². The lowest BCUT2D eigenvalue weighted by Crippen LogP contribution is -2.25. The summed E-state index contributed by atoms with van der Waals surface area (Å²) < 4.78 is 0. The second-order valence-electron chi connectivity index (χ2n) is 5.70. The van der Waals surface area contributed by atoms with Gasteiger partial charge in [-0.2, -0.15) is 0 Å². The van der Waals surface area contributed by atoms with Crippen LogP contribution in [0.15, 0.2) is 0 Å². The van der Waals surface area contributed by atoms with Gasteiger partial charge in [0.25, 0.3) is 0 Å². The summed E-state index contributed by atoms with van der Waals surface area (Å²) in [6, 6.07) is 0. The van der Waals surface area contributed by atoms with E-state index in [9.17, 15) is 9.59 Å².